The third-order valence-corrected chi connectivity index (χ3v) is 1.40. The van der Waals surface area contributed by atoms with E-state index in [9.17, 15) is 0 Å². The van der Waals surface area contributed by atoms with E-state index in [1.165, 1.54) is 0 Å². The van der Waals surface area contributed by atoms with Crippen LogP contribution < -0.4 is 5.73 Å². The van der Waals surface area contributed by atoms with Gasteiger partial charge in [0.05, 0.1) is 0 Å². The van der Waals surface area contributed by atoms with Crippen LogP contribution in [0.5, 0.6) is 0 Å². The van der Waals surface area contributed by atoms with Crippen molar-refractivity contribution in [2.75, 3.05) is 0 Å². The Hall–Kier alpha value is -1.24. The molecule has 1 rings (SSSR count). The summed E-state index contributed by atoms with van der Waals surface area (Å²) in [6, 6.07) is 0. The maximum atomic E-state index is 5.51. The molecule has 0 heterocycles. The van der Waals surface area contributed by atoms with Gasteiger partial charge in [0.2, 0.25) is 0 Å². The highest BCUT2D eigenvalue weighted by molar-refractivity contribution is 5.25. The molecule has 0 aromatic heterocycles. The Morgan fingerprint density at radius 1 is 1.10 bits per heavy atom. The quantitative estimate of drug-likeness (QED) is 0.579. The van der Waals surface area contributed by atoms with E-state index in [4.69, 9.17) is 5.73 Å². The lowest BCUT2D eigenvalue weighted by atomic mass is 10.1. The van der Waals surface area contributed by atoms with Crippen molar-refractivity contribution in [2.24, 2.45) is 11.7 Å². The lowest BCUT2D eigenvalue weighted by molar-refractivity contribution is 0.954. The lowest BCUT2D eigenvalue weighted by Gasteiger charge is -2.03. The van der Waals surface area contributed by atoms with Crippen LogP contribution in [0.1, 0.15) is 0 Å². The van der Waals surface area contributed by atoms with Crippen molar-refractivity contribution in [3.63, 3.8) is 0 Å². The van der Waals surface area contributed by atoms with E-state index >= 15 is 0 Å². The van der Waals surface area contributed by atoms with E-state index in [0.29, 0.717) is 5.70 Å². The van der Waals surface area contributed by atoms with Crippen LogP contribution in [0.25, 0.3) is 0 Å². The molecule has 0 amide bonds. The van der Waals surface area contributed by atoms with Crippen molar-refractivity contribution in [1.82, 2.24) is 0 Å². The predicted molar refractivity (Wildman–Crippen MR) is 44.2 cm³/mol. The Kier molecular flexibility index (Phi) is 2.11. The molecule has 0 bridgehead atoms. The smallest absolute Gasteiger partial charge is 0.0345 e. The molecular weight excluding hydrogens is 122 g/mol. The van der Waals surface area contributed by atoms with Crippen molar-refractivity contribution in [3.05, 3.63) is 48.7 Å². The van der Waals surface area contributed by atoms with E-state index < -0.39 is 0 Å². The molecule has 1 nitrogen and oxygen atoms in total. The van der Waals surface area contributed by atoms with Gasteiger partial charge < -0.3 is 5.73 Å². The molecule has 1 heteroatoms. The molecule has 0 atom stereocenters. The minimum atomic E-state index is 0.204. The fourth-order valence-corrected chi connectivity index (χ4v) is 0.807. The number of hydrogen-bond acceptors (Lipinski definition) is 1. The van der Waals surface area contributed by atoms with E-state index in [0.717, 1.165) is 0 Å². The molecule has 1 aliphatic rings. The number of nitrogens with two attached hydrogens (primary N) is 1. The average molecular weight is 133 g/mol. The first-order chi connectivity index (χ1) is 4.80. The molecule has 0 aromatic rings. The van der Waals surface area contributed by atoms with E-state index in [2.05, 4.69) is 6.58 Å². The van der Waals surface area contributed by atoms with Gasteiger partial charge in [-0.1, -0.05) is 43.0 Å². The largest absolute Gasteiger partial charge is 0.402 e. The minimum absolute atomic E-state index is 0.204. The van der Waals surface area contributed by atoms with Crippen molar-refractivity contribution >= 4 is 0 Å². The molecule has 0 aliphatic heterocycles. The van der Waals surface area contributed by atoms with Crippen LogP contribution >= 0.6 is 0 Å². The first-order valence-corrected chi connectivity index (χ1v) is 3.26. The second-order valence-corrected chi connectivity index (χ2v) is 2.26. The topological polar surface area (TPSA) is 26.0 Å². The summed E-state index contributed by atoms with van der Waals surface area (Å²) in [5.74, 6) is 0.204. The maximum absolute atomic E-state index is 5.51. The molecule has 0 spiro atoms. The van der Waals surface area contributed by atoms with Gasteiger partial charge in [0.15, 0.2) is 0 Å². The number of allylic oxidation sites excluding steroid dienone is 5. The lowest BCUT2D eigenvalue weighted by Crippen LogP contribution is -2.04. The Morgan fingerprint density at radius 2 is 1.60 bits per heavy atom. The summed E-state index contributed by atoms with van der Waals surface area (Å²) >= 11 is 0. The van der Waals surface area contributed by atoms with Crippen LogP contribution in [0.15, 0.2) is 48.7 Å². The van der Waals surface area contributed by atoms with Crippen LogP contribution in [0, 0.1) is 5.92 Å². The monoisotopic (exact) mass is 133 g/mol. The molecule has 52 valence electrons. The minimum Gasteiger partial charge on any atom is -0.402 e. The second kappa shape index (κ2) is 3.06. The van der Waals surface area contributed by atoms with Gasteiger partial charge in [-0.15, -0.1) is 0 Å². The van der Waals surface area contributed by atoms with Crippen molar-refractivity contribution in [3.8, 4) is 0 Å². The second-order valence-electron chi connectivity index (χ2n) is 2.26. The summed E-state index contributed by atoms with van der Waals surface area (Å²) in [6.07, 6.45) is 11.9. The summed E-state index contributed by atoms with van der Waals surface area (Å²) in [4.78, 5) is 0. The first-order valence-electron chi connectivity index (χ1n) is 3.26. The number of hydrogen-bond donors (Lipinski definition) is 1. The summed E-state index contributed by atoms with van der Waals surface area (Å²) in [7, 11) is 0. The molecule has 0 saturated heterocycles. The molecule has 1 aliphatic carbocycles. The molecule has 0 saturated carbocycles. The average Bonchev–Trinajstić information content (AvgIpc) is 2.12. The Morgan fingerprint density at radius 3 is 2.00 bits per heavy atom. The molecule has 0 fully saturated rings. The Labute approximate surface area is 61.2 Å². The predicted octanol–water partition coefficient (Wildman–Crippen LogP) is 1.76. The maximum Gasteiger partial charge on any atom is 0.0345 e. The Bertz CT molecular complexity index is 193. The Balaban J connectivity index is 2.72. The molecule has 0 unspecified atom stereocenters. The first kappa shape index (κ1) is 6.87. The highest BCUT2D eigenvalue weighted by atomic mass is 14.6. The van der Waals surface area contributed by atoms with Crippen LogP contribution in [0.4, 0.5) is 0 Å². The van der Waals surface area contributed by atoms with E-state index in [-0.39, 0.29) is 5.92 Å². The van der Waals surface area contributed by atoms with Gasteiger partial charge in [-0.2, -0.15) is 0 Å². The highest BCUT2D eigenvalue weighted by Crippen LogP contribution is 2.09. The zero-order valence-corrected chi connectivity index (χ0v) is 5.83. The summed E-state index contributed by atoms with van der Waals surface area (Å²) in [5.41, 5.74) is 6.20. The van der Waals surface area contributed by atoms with Crippen LogP contribution in [0.2, 0.25) is 0 Å². The zero-order valence-electron chi connectivity index (χ0n) is 5.83. The summed E-state index contributed by atoms with van der Waals surface area (Å²) in [6.45, 7) is 3.67. The van der Waals surface area contributed by atoms with Crippen LogP contribution in [-0.4, -0.2) is 0 Å². The van der Waals surface area contributed by atoms with Gasteiger partial charge in [0.1, 0.15) is 0 Å². The van der Waals surface area contributed by atoms with Gasteiger partial charge >= 0.3 is 0 Å². The third kappa shape index (κ3) is 1.62. The normalized spacial score (nSPS) is 17.2. The molecule has 10 heavy (non-hydrogen) atoms. The highest BCUT2D eigenvalue weighted by Gasteiger charge is 1.99. The fraction of sp³-hybridized carbons (Fsp3) is 0.111. The molecule has 2 N–H and O–H groups in total. The van der Waals surface area contributed by atoms with Gasteiger partial charge in [0, 0.05) is 11.6 Å². The van der Waals surface area contributed by atoms with Crippen molar-refractivity contribution in [2.45, 2.75) is 0 Å². The van der Waals surface area contributed by atoms with Gasteiger partial charge in [-0.3, -0.25) is 0 Å². The molecular formula is C9H11N. The SMILES string of the molecule is C=C(N)C1C=CC=CC=C1. The fourth-order valence-electron chi connectivity index (χ4n) is 0.807. The third-order valence-electron chi connectivity index (χ3n) is 1.40. The van der Waals surface area contributed by atoms with Crippen LogP contribution in [0.3, 0.4) is 0 Å². The van der Waals surface area contributed by atoms with Crippen molar-refractivity contribution < 1.29 is 0 Å². The summed E-state index contributed by atoms with van der Waals surface area (Å²) < 4.78 is 0. The molecule has 0 aromatic carbocycles. The van der Waals surface area contributed by atoms with E-state index in [1.807, 2.05) is 36.5 Å². The van der Waals surface area contributed by atoms with Gasteiger partial charge in [-0.25, -0.2) is 0 Å². The van der Waals surface area contributed by atoms with Gasteiger partial charge in [0.25, 0.3) is 0 Å². The van der Waals surface area contributed by atoms with Crippen molar-refractivity contribution in [1.29, 1.82) is 0 Å². The van der Waals surface area contributed by atoms with E-state index in [1.54, 1.807) is 0 Å². The standard InChI is InChI=1S/C9H11N/c1-8(10)9-6-4-2-3-5-7-9/h2-7,9H,1,10H2. The molecule has 0 radical (unpaired) electrons. The zero-order chi connectivity index (χ0) is 7.40. The van der Waals surface area contributed by atoms with Crippen LogP contribution in [-0.2, 0) is 0 Å². The number of rotatable bonds is 1. The van der Waals surface area contributed by atoms with Gasteiger partial charge in [-0.05, 0) is 0 Å². The summed E-state index contributed by atoms with van der Waals surface area (Å²) in [5, 5.41) is 0.